The van der Waals surface area contributed by atoms with Crippen LogP contribution in [0.1, 0.15) is 23.7 Å². The summed E-state index contributed by atoms with van der Waals surface area (Å²) in [6.07, 6.45) is 0.292. The number of amides is 1. The average molecular weight is 299 g/mol. The SMILES string of the molecule is CCC(=O)Oc1cccc(NC(=O)c2cccc(OC)c2)c1. The van der Waals surface area contributed by atoms with Crippen LogP contribution in [0.3, 0.4) is 0 Å². The van der Waals surface area contributed by atoms with Crippen LogP contribution in [-0.2, 0) is 4.79 Å². The molecule has 5 nitrogen and oxygen atoms in total. The summed E-state index contributed by atoms with van der Waals surface area (Å²) in [5.41, 5.74) is 1.03. The Labute approximate surface area is 128 Å². The number of hydrogen-bond acceptors (Lipinski definition) is 4. The van der Waals surface area contributed by atoms with Gasteiger partial charge in [-0.3, -0.25) is 9.59 Å². The summed E-state index contributed by atoms with van der Waals surface area (Å²) >= 11 is 0. The van der Waals surface area contributed by atoms with Gasteiger partial charge in [-0.25, -0.2) is 0 Å². The Morgan fingerprint density at radius 1 is 1.05 bits per heavy atom. The monoisotopic (exact) mass is 299 g/mol. The van der Waals surface area contributed by atoms with Crippen LogP contribution in [0.5, 0.6) is 11.5 Å². The lowest BCUT2D eigenvalue weighted by molar-refractivity contribution is -0.134. The van der Waals surface area contributed by atoms with Crippen molar-refractivity contribution in [2.45, 2.75) is 13.3 Å². The van der Waals surface area contributed by atoms with E-state index < -0.39 is 0 Å². The van der Waals surface area contributed by atoms with E-state index in [0.29, 0.717) is 29.2 Å². The fourth-order valence-electron chi connectivity index (χ4n) is 1.81. The number of anilines is 1. The predicted octanol–water partition coefficient (Wildman–Crippen LogP) is 3.26. The van der Waals surface area contributed by atoms with Gasteiger partial charge in [0.1, 0.15) is 11.5 Å². The van der Waals surface area contributed by atoms with Crippen LogP contribution in [0, 0.1) is 0 Å². The standard InChI is InChI=1S/C17H17NO4/c1-3-16(19)22-15-9-5-7-13(11-15)18-17(20)12-6-4-8-14(10-12)21-2/h4-11H,3H2,1-2H3,(H,18,20). The van der Waals surface area contributed by atoms with E-state index in [1.54, 1.807) is 62.6 Å². The molecule has 0 spiro atoms. The summed E-state index contributed by atoms with van der Waals surface area (Å²) in [7, 11) is 1.54. The topological polar surface area (TPSA) is 64.6 Å². The molecule has 2 rings (SSSR count). The minimum Gasteiger partial charge on any atom is -0.497 e. The largest absolute Gasteiger partial charge is 0.497 e. The van der Waals surface area contributed by atoms with Crippen molar-refractivity contribution >= 4 is 17.6 Å². The zero-order chi connectivity index (χ0) is 15.9. The molecule has 0 bridgehead atoms. The third kappa shape index (κ3) is 4.09. The molecule has 0 atom stereocenters. The number of hydrogen-bond donors (Lipinski definition) is 1. The molecule has 0 heterocycles. The predicted molar refractivity (Wildman–Crippen MR) is 83.3 cm³/mol. The van der Waals surface area contributed by atoms with Gasteiger partial charge in [-0.05, 0) is 30.3 Å². The van der Waals surface area contributed by atoms with Gasteiger partial charge in [-0.15, -0.1) is 0 Å². The lowest BCUT2D eigenvalue weighted by Crippen LogP contribution is -2.12. The second-order valence-corrected chi connectivity index (χ2v) is 4.54. The molecule has 1 amide bonds. The molecule has 0 aliphatic carbocycles. The number of esters is 1. The van der Waals surface area contributed by atoms with Gasteiger partial charge in [0.2, 0.25) is 0 Å². The summed E-state index contributed by atoms with van der Waals surface area (Å²) in [6, 6.07) is 13.5. The molecule has 5 heteroatoms. The minimum absolute atomic E-state index is 0.266. The summed E-state index contributed by atoms with van der Waals surface area (Å²) < 4.78 is 10.2. The van der Waals surface area contributed by atoms with Crippen LogP contribution < -0.4 is 14.8 Å². The van der Waals surface area contributed by atoms with Gasteiger partial charge in [-0.2, -0.15) is 0 Å². The van der Waals surface area contributed by atoms with E-state index in [1.807, 2.05) is 0 Å². The van der Waals surface area contributed by atoms with Gasteiger partial charge in [-0.1, -0.05) is 19.1 Å². The van der Waals surface area contributed by atoms with Gasteiger partial charge >= 0.3 is 5.97 Å². The normalized spacial score (nSPS) is 9.91. The van der Waals surface area contributed by atoms with Crippen LogP contribution in [0.2, 0.25) is 0 Å². The molecule has 0 aliphatic heterocycles. The zero-order valence-corrected chi connectivity index (χ0v) is 12.5. The number of carbonyl (C=O) groups is 2. The van der Waals surface area contributed by atoms with E-state index in [4.69, 9.17) is 9.47 Å². The van der Waals surface area contributed by atoms with Crippen molar-refractivity contribution in [1.29, 1.82) is 0 Å². The van der Waals surface area contributed by atoms with Crippen LogP contribution in [0.4, 0.5) is 5.69 Å². The molecule has 2 aromatic rings. The van der Waals surface area contributed by atoms with E-state index in [0.717, 1.165) is 0 Å². The molecule has 22 heavy (non-hydrogen) atoms. The number of ether oxygens (including phenoxy) is 2. The van der Waals surface area contributed by atoms with Crippen molar-refractivity contribution in [3.05, 3.63) is 54.1 Å². The van der Waals surface area contributed by atoms with Crippen LogP contribution in [0.25, 0.3) is 0 Å². The molecular formula is C17H17NO4. The highest BCUT2D eigenvalue weighted by atomic mass is 16.5. The van der Waals surface area contributed by atoms with Crippen molar-refractivity contribution in [2.24, 2.45) is 0 Å². The first-order valence-corrected chi connectivity index (χ1v) is 6.88. The van der Waals surface area contributed by atoms with E-state index >= 15 is 0 Å². The lowest BCUT2D eigenvalue weighted by atomic mass is 10.2. The van der Waals surface area contributed by atoms with E-state index in [1.165, 1.54) is 0 Å². The molecule has 0 radical (unpaired) electrons. The molecule has 0 aliphatic rings. The van der Waals surface area contributed by atoms with E-state index in [-0.39, 0.29) is 11.9 Å². The number of rotatable bonds is 5. The lowest BCUT2D eigenvalue weighted by Gasteiger charge is -2.08. The van der Waals surface area contributed by atoms with Crippen molar-refractivity contribution in [2.75, 3.05) is 12.4 Å². The number of methoxy groups -OCH3 is 1. The summed E-state index contributed by atoms with van der Waals surface area (Å²) in [6.45, 7) is 1.72. The molecule has 0 unspecified atom stereocenters. The Kier molecular flexibility index (Phi) is 5.14. The Bertz CT molecular complexity index is 682. The Morgan fingerprint density at radius 2 is 1.77 bits per heavy atom. The highest BCUT2D eigenvalue weighted by Crippen LogP contribution is 2.19. The zero-order valence-electron chi connectivity index (χ0n) is 12.5. The van der Waals surface area contributed by atoms with Crippen molar-refractivity contribution in [3.8, 4) is 11.5 Å². The molecule has 114 valence electrons. The maximum absolute atomic E-state index is 12.2. The smallest absolute Gasteiger partial charge is 0.310 e. The highest BCUT2D eigenvalue weighted by molar-refractivity contribution is 6.04. The van der Waals surface area contributed by atoms with Crippen LogP contribution in [-0.4, -0.2) is 19.0 Å². The van der Waals surface area contributed by atoms with Crippen molar-refractivity contribution < 1.29 is 19.1 Å². The maximum atomic E-state index is 12.2. The summed E-state index contributed by atoms with van der Waals surface area (Å²) in [5, 5.41) is 2.76. The maximum Gasteiger partial charge on any atom is 0.310 e. The second-order valence-electron chi connectivity index (χ2n) is 4.54. The van der Waals surface area contributed by atoms with Crippen LogP contribution in [0.15, 0.2) is 48.5 Å². The average Bonchev–Trinajstić information content (AvgIpc) is 2.55. The van der Waals surface area contributed by atoms with Crippen molar-refractivity contribution in [1.82, 2.24) is 0 Å². The van der Waals surface area contributed by atoms with Gasteiger partial charge in [0.15, 0.2) is 0 Å². The fraction of sp³-hybridized carbons (Fsp3) is 0.176. The highest BCUT2D eigenvalue weighted by Gasteiger charge is 2.08. The third-order valence-electron chi connectivity index (χ3n) is 2.94. The first kappa shape index (κ1) is 15.6. The molecule has 0 saturated heterocycles. The molecule has 0 saturated carbocycles. The molecular weight excluding hydrogens is 282 g/mol. The Morgan fingerprint density at radius 3 is 2.50 bits per heavy atom. The molecule has 0 fully saturated rings. The molecule has 0 aromatic heterocycles. The third-order valence-corrected chi connectivity index (χ3v) is 2.94. The van der Waals surface area contributed by atoms with Gasteiger partial charge in [0.25, 0.3) is 5.91 Å². The van der Waals surface area contributed by atoms with E-state index in [2.05, 4.69) is 5.32 Å². The minimum atomic E-state index is -0.323. The molecule has 2 aromatic carbocycles. The summed E-state index contributed by atoms with van der Waals surface area (Å²) in [5.74, 6) is 0.419. The first-order valence-electron chi connectivity index (χ1n) is 6.88. The first-order chi connectivity index (χ1) is 10.6. The summed E-state index contributed by atoms with van der Waals surface area (Å²) in [4.78, 5) is 23.5. The Balaban J connectivity index is 2.11. The second kappa shape index (κ2) is 7.26. The fourth-order valence-corrected chi connectivity index (χ4v) is 1.81. The Hall–Kier alpha value is -2.82. The number of carbonyl (C=O) groups excluding carboxylic acids is 2. The van der Waals surface area contributed by atoms with Crippen LogP contribution >= 0.6 is 0 Å². The van der Waals surface area contributed by atoms with Gasteiger partial charge in [0.05, 0.1) is 7.11 Å². The van der Waals surface area contributed by atoms with Gasteiger partial charge in [0, 0.05) is 23.7 Å². The molecule has 1 N–H and O–H groups in total. The van der Waals surface area contributed by atoms with Crippen molar-refractivity contribution in [3.63, 3.8) is 0 Å². The quantitative estimate of drug-likeness (QED) is 0.680. The number of nitrogens with one attached hydrogen (secondary N) is 1. The van der Waals surface area contributed by atoms with Gasteiger partial charge < -0.3 is 14.8 Å². The number of benzene rings is 2. The van der Waals surface area contributed by atoms with E-state index in [9.17, 15) is 9.59 Å².